The first-order chi connectivity index (χ1) is 12.8. The molecular weight excluding hydrogens is 328 g/mol. The van der Waals surface area contributed by atoms with E-state index < -0.39 is 0 Å². The Bertz CT molecular complexity index is 819. The molecular formula is C21H20N2O3. The normalized spacial score (nSPS) is 14.6. The van der Waals surface area contributed by atoms with E-state index in [1.165, 1.54) is 0 Å². The van der Waals surface area contributed by atoms with Gasteiger partial charge in [-0.2, -0.15) is 5.26 Å². The van der Waals surface area contributed by atoms with Gasteiger partial charge >= 0.3 is 0 Å². The lowest BCUT2D eigenvalue weighted by Gasteiger charge is -2.26. The van der Waals surface area contributed by atoms with E-state index in [0.29, 0.717) is 38.7 Å². The van der Waals surface area contributed by atoms with Crippen LogP contribution in [-0.4, -0.2) is 37.1 Å². The van der Waals surface area contributed by atoms with Gasteiger partial charge in [-0.1, -0.05) is 42.5 Å². The molecule has 1 fully saturated rings. The molecule has 0 radical (unpaired) electrons. The van der Waals surface area contributed by atoms with Crippen molar-refractivity contribution >= 4 is 12.0 Å². The Morgan fingerprint density at radius 3 is 2.65 bits per heavy atom. The number of nitriles is 1. The van der Waals surface area contributed by atoms with Gasteiger partial charge in [-0.3, -0.25) is 4.79 Å². The van der Waals surface area contributed by atoms with Gasteiger partial charge in [0, 0.05) is 13.1 Å². The third kappa shape index (κ3) is 4.71. The van der Waals surface area contributed by atoms with E-state index >= 15 is 0 Å². The molecule has 0 saturated carbocycles. The number of hydrogen-bond acceptors (Lipinski definition) is 4. The lowest BCUT2D eigenvalue weighted by atomic mass is 10.1. The molecule has 5 heteroatoms. The minimum absolute atomic E-state index is 0.118. The summed E-state index contributed by atoms with van der Waals surface area (Å²) in [5.74, 6) is 0.435. The van der Waals surface area contributed by atoms with E-state index in [0.717, 1.165) is 11.1 Å². The third-order valence-corrected chi connectivity index (χ3v) is 4.07. The maximum atomic E-state index is 12.5. The first-order valence-corrected chi connectivity index (χ1v) is 8.52. The van der Waals surface area contributed by atoms with Gasteiger partial charge in [-0.15, -0.1) is 0 Å². The van der Waals surface area contributed by atoms with Gasteiger partial charge < -0.3 is 14.4 Å². The van der Waals surface area contributed by atoms with Crippen LogP contribution in [0.25, 0.3) is 6.08 Å². The second-order valence-corrected chi connectivity index (χ2v) is 5.92. The smallest absolute Gasteiger partial charge is 0.264 e. The fraction of sp³-hybridized carbons (Fsp3) is 0.238. The quantitative estimate of drug-likeness (QED) is 0.615. The maximum Gasteiger partial charge on any atom is 0.264 e. The van der Waals surface area contributed by atoms with Crippen LogP contribution in [0.15, 0.2) is 60.2 Å². The molecule has 1 aliphatic heterocycles. The van der Waals surface area contributed by atoms with E-state index in [4.69, 9.17) is 9.47 Å². The molecule has 1 aliphatic rings. The average Bonchev–Trinajstić information content (AvgIpc) is 2.72. The monoisotopic (exact) mass is 348 g/mol. The first-order valence-electron chi connectivity index (χ1n) is 8.52. The Hall–Kier alpha value is -3.10. The highest BCUT2D eigenvalue weighted by Crippen LogP contribution is 2.18. The maximum absolute atomic E-state index is 12.5. The molecule has 0 spiro atoms. The van der Waals surface area contributed by atoms with E-state index in [1.54, 1.807) is 11.0 Å². The van der Waals surface area contributed by atoms with Crippen LogP contribution >= 0.6 is 0 Å². The average molecular weight is 348 g/mol. The van der Waals surface area contributed by atoms with Crippen molar-refractivity contribution in [2.24, 2.45) is 0 Å². The fourth-order valence-corrected chi connectivity index (χ4v) is 2.68. The summed E-state index contributed by atoms with van der Waals surface area (Å²) in [6.45, 7) is 2.50. The molecule has 26 heavy (non-hydrogen) atoms. The Labute approximate surface area is 153 Å². The highest BCUT2D eigenvalue weighted by molar-refractivity contribution is 6.01. The molecule has 0 bridgehead atoms. The topological polar surface area (TPSA) is 62.6 Å². The highest BCUT2D eigenvalue weighted by atomic mass is 16.5. The number of nitrogens with zero attached hydrogens (tertiary/aromatic N) is 2. The number of morpholine rings is 1. The number of hydrogen-bond donors (Lipinski definition) is 0. The largest absolute Gasteiger partial charge is 0.489 e. The number of rotatable bonds is 5. The summed E-state index contributed by atoms with van der Waals surface area (Å²) in [6, 6.07) is 19.3. The standard InChI is InChI=1S/C21H20N2O3/c22-15-19(21(24)23-9-11-25-12-10-23)13-18-7-4-8-20(14-18)26-16-17-5-2-1-3-6-17/h1-8,13-14H,9-12,16H2/b19-13+. The Kier molecular flexibility index (Phi) is 6.02. The fourth-order valence-electron chi connectivity index (χ4n) is 2.68. The van der Waals surface area contributed by atoms with Crippen LogP contribution in [-0.2, 0) is 16.1 Å². The second kappa shape index (κ2) is 8.84. The molecule has 2 aromatic rings. The molecule has 0 N–H and O–H groups in total. The highest BCUT2D eigenvalue weighted by Gasteiger charge is 2.20. The molecule has 132 valence electrons. The van der Waals surface area contributed by atoms with E-state index in [2.05, 4.69) is 0 Å². The molecule has 5 nitrogen and oxygen atoms in total. The van der Waals surface area contributed by atoms with E-state index in [1.807, 2.05) is 60.7 Å². The van der Waals surface area contributed by atoms with Crippen molar-refractivity contribution in [2.45, 2.75) is 6.61 Å². The van der Waals surface area contributed by atoms with E-state index in [9.17, 15) is 10.1 Å². The zero-order valence-corrected chi connectivity index (χ0v) is 14.4. The van der Waals surface area contributed by atoms with Crippen molar-refractivity contribution in [3.63, 3.8) is 0 Å². The summed E-state index contributed by atoms with van der Waals surface area (Å²) in [5.41, 5.74) is 1.95. The minimum atomic E-state index is -0.258. The zero-order chi connectivity index (χ0) is 18.2. The molecule has 3 rings (SSSR count). The van der Waals surface area contributed by atoms with Crippen LogP contribution in [0.2, 0.25) is 0 Å². The van der Waals surface area contributed by atoms with Gasteiger partial charge in [0.2, 0.25) is 0 Å². The van der Waals surface area contributed by atoms with Crippen LogP contribution < -0.4 is 4.74 Å². The van der Waals surface area contributed by atoms with Crippen molar-refractivity contribution in [1.29, 1.82) is 5.26 Å². The number of amides is 1. The summed E-state index contributed by atoms with van der Waals surface area (Å²) in [5, 5.41) is 9.38. The second-order valence-electron chi connectivity index (χ2n) is 5.92. The van der Waals surface area contributed by atoms with Crippen molar-refractivity contribution in [3.8, 4) is 11.8 Å². The lowest BCUT2D eigenvalue weighted by molar-refractivity contribution is -0.130. The van der Waals surface area contributed by atoms with Crippen molar-refractivity contribution in [2.75, 3.05) is 26.3 Å². The summed E-state index contributed by atoms with van der Waals surface area (Å²) >= 11 is 0. The van der Waals surface area contributed by atoms with Gasteiger partial charge in [0.05, 0.1) is 13.2 Å². The minimum Gasteiger partial charge on any atom is -0.489 e. The predicted molar refractivity (Wildman–Crippen MR) is 98.2 cm³/mol. The predicted octanol–water partition coefficient (Wildman–Crippen LogP) is 3.03. The zero-order valence-electron chi connectivity index (χ0n) is 14.4. The number of benzene rings is 2. The number of carbonyl (C=O) groups is 1. The van der Waals surface area contributed by atoms with Gasteiger partial charge in [0.25, 0.3) is 5.91 Å². The SMILES string of the molecule is N#C/C(=C\c1cccc(OCc2ccccc2)c1)C(=O)N1CCOCC1. The van der Waals surface area contributed by atoms with Crippen LogP contribution in [0.1, 0.15) is 11.1 Å². The molecule has 0 aliphatic carbocycles. The Morgan fingerprint density at radius 1 is 1.15 bits per heavy atom. The van der Waals surface area contributed by atoms with Crippen molar-refractivity contribution in [3.05, 3.63) is 71.3 Å². The van der Waals surface area contributed by atoms with Gasteiger partial charge in [0.15, 0.2) is 0 Å². The van der Waals surface area contributed by atoms with Crippen LogP contribution in [0.5, 0.6) is 5.75 Å². The van der Waals surface area contributed by atoms with Crippen LogP contribution in [0.4, 0.5) is 0 Å². The van der Waals surface area contributed by atoms with Crippen molar-refractivity contribution in [1.82, 2.24) is 4.90 Å². The van der Waals surface area contributed by atoms with Gasteiger partial charge in [0.1, 0.15) is 24.0 Å². The van der Waals surface area contributed by atoms with Crippen molar-refractivity contribution < 1.29 is 14.3 Å². The Balaban J connectivity index is 1.70. The summed E-state index contributed by atoms with van der Waals surface area (Å²) in [4.78, 5) is 14.1. The lowest BCUT2D eigenvalue weighted by Crippen LogP contribution is -2.41. The molecule has 0 unspecified atom stereocenters. The molecule has 1 heterocycles. The van der Waals surface area contributed by atoms with Gasteiger partial charge in [-0.05, 0) is 29.3 Å². The number of carbonyl (C=O) groups excluding carboxylic acids is 1. The van der Waals surface area contributed by atoms with Gasteiger partial charge in [-0.25, -0.2) is 0 Å². The van der Waals surface area contributed by atoms with E-state index in [-0.39, 0.29) is 11.5 Å². The summed E-state index contributed by atoms with van der Waals surface area (Å²) < 4.78 is 11.0. The van der Waals surface area contributed by atoms with Crippen LogP contribution in [0, 0.1) is 11.3 Å². The van der Waals surface area contributed by atoms with Crippen LogP contribution in [0.3, 0.4) is 0 Å². The summed E-state index contributed by atoms with van der Waals surface area (Å²) in [7, 11) is 0. The first kappa shape index (κ1) is 17.7. The Morgan fingerprint density at radius 2 is 1.92 bits per heavy atom. The number of ether oxygens (including phenoxy) is 2. The molecule has 1 saturated heterocycles. The molecule has 0 aromatic heterocycles. The summed E-state index contributed by atoms with van der Waals surface area (Å²) in [6.07, 6.45) is 1.60. The molecule has 1 amide bonds. The molecule has 0 atom stereocenters. The third-order valence-electron chi connectivity index (χ3n) is 4.07. The molecule has 2 aromatic carbocycles.